The number of benzene rings is 2. The van der Waals surface area contributed by atoms with Crippen LogP contribution >= 0.6 is 0 Å². The van der Waals surface area contributed by atoms with Gasteiger partial charge in [-0.3, -0.25) is 4.79 Å². The van der Waals surface area contributed by atoms with Crippen molar-refractivity contribution in [1.29, 1.82) is 0 Å². The second-order valence-corrected chi connectivity index (χ2v) is 5.22. The molecule has 0 aromatic heterocycles. The zero-order chi connectivity index (χ0) is 14.8. The van der Waals surface area contributed by atoms with Gasteiger partial charge in [0.05, 0.1) is 16.8 Å². The first kappa shape index (κ1) is 13.9. The van der Waals surface area contributed by atoms with Crippen molar-refractivity contribution in [2.75, 3.05) is 11.1 Å². The van der Waals surface area contributed by atoms with E-state index in [0.717, 1.165) is 5.56 Å². The Morgan fingerprint density at radius 1 is 1.15 bits per heavy atom. The van der Waals surface area contributed by atoms with Gasteiger partial charge in [0.1, 0.15) is 5.75 Å². The van der Waals surface area contributed by atoms with E-state index >= 15 is 0 Å². The van der Waals surface area contributed by atoms with Crippen molar-refractivity contribution in [3.05, 3.63) is 54.1 Å². The summed E-state index contributed by atoms with van der Waals surface area (Å²) in [5.74, 6) is -0.0797. The van der Waals surface area contributed by atoms with Crippen LogP contribution in [0.3, 0.4) is 0 Å². The molecule has 0 bridgehead atoms. The molecule has 20 heavy (non-hydrogen) atoms. The predicted octanol–water partition coefficient (Wildman–Crippen LogP) is 2.89. The average Bonchev–Trinajstić information content (AvgIpc) is 2.42. The fourth-order valence-electron chi connectivity index (χ4n) is 1.93. The summed E-state index contributed by atoms with van der Waals surface area (Å²) in [5, 5.41) is 12.1. The summed E-state index contributed by atoms with van der Waals surface area (Å²) < 4.78 is 0. The van der Waals surface area contributed by atoms with Gasteiger partial charge in [0.15, 0.2) is 0 Å². The molecular weight excluding hydrogens is 252 g/mol. The van der Waals surface area contributed by atoms with Gasteiger partial charge in [-0.1, -0.05) is 30.3 Å². The zero-order valence-corrected chi connectivity index (χ0v) is 11.6. The van der Waals surface area contributed by atoms with Gasteiger partial charge < -0.3 is 16.2 Å². The first-order chi connectivity index (χ1) is 9.41. The van der Waals surface area contributed by atoms with Gasteiger partial charge in [0, 0.05) is 6.07 Å². The zero-order valence-electron chi connectivity index (χ0n) is 11.6. The summed E-state index contributed by atoms with van der Waals surface area (Å²) in [5.41, 5.74) is 6.86. The number of nitrogens with one attached hydrogen (secondary N) is 1. The molecule has 0 heterocycles. The number of aromatic hydroxyl groups is 1. The van der Waals surface area contributed by atoms with Crippen LogP contribution in [-0.2, 0) is 10.2 Å². The van der Waals surface area contributed by atoms with Crippen molar-refractivity contribution in [2.45, 2.75) is 19.3 Å². The van der Waals surface area contributed by atoms with Crippen molar-refractivity contribution in [3.63, 3.8) is 0 Å². The maximum absolute atomic E-state index is 12.4. The largest absolute Gasteiger partial charge is 0.508 e. The van der Waals surface area contributed by atoms with E-state index in [2.05, 4.69) is 5.32 Å². The lowest BCUT2D eigenvalue weighted by atomic mass is 9.83. The Balaban J connectivity index is 2.23. The molecule has 0 aliphatic rings. The highest BCUT2D eigenvalue weighted by Gasteiger charge is 2.29. The smallest absolute Gasteiger partial charge is 0.234 e. The van der Waals surface area contributed by atoms with Gasteiger partial charge in [0.2, 0.25) is 5.91 Å². The Hall–Kier alpha value is -2.49. The molecule has 0 saturated carbocycles. The van der Waals surface area contributed by atoms with Gasteiger partial charge in [-0.25, -0.2) is 0 Å². The predicted molar refractivity (Wildman–Crippen MR) is 80.6 cm³/mol. The van der Waals surface area contributed by atoms with Crippen molar-refractivity contribution in [2.24, 2.45) is 0 Å². The Morgan fingerprint density at radius 2 is 1.80 bits per heavy atom. The molecule has 0 atom stereocenters. The van der Waals surface area contributed by atoms with E-state index in [0.29, 0.717) is 11.4 Å². The molecule has 1 amide bonds. The second-order valence-electron chi connectivity index (χ2n) is 5.22. The van der Waals surface area contributed by atoms with Crippen LogP contribution < -0.4 is 11.1 Å². The van der Waals surface area contributed by atoms with Crippen molar-refractivity contribution < 1.29 is 9.90 Å². The minimum atomic E-state index is -0.675. The van der Waals surface area contributed by atoms with Gasteiger partial charge >= 0.3 is 0 Å². The van der Waals surface area contributed by atoms with Crippen LogP contribution in [0.1, 0.15) is 19.4 Å². The molecule has 0 aliphatic heterocycles. The lowest BCUT2D eigenvalue weighted by Crippen LogP contribution is -2.34. The first-order valence-corrected chi connectivity index (χ1v) is 6.37. The first-order valence-electron chi connectivity index (χ1n) is 6.37. The number of hydrogen-bond acceptors (Lipinski definition) is 3. The van der Waals surface area contributed by atoms with Crippen molar-refractivity contribution in [3.8, 4) is 5.75 Å². The highest BCUT2D eigenvalue weighted by molar-refractivity contribution is 6.00. The fourth-order valence-corrected chi connectivity index (χ4v) is 1.93. The number of anilines is 2. The molecular formula is C16H18N2O2. The number of carbonyl (C=O) groups is 1. The Bertz CT molecular complexity index is 622. The normalized spacial score (nSPS) is 11.1. The highest BCUT2D eigenvalue weighted by Crippen LogP contribution is 2.28. The van der Waals surface area contributed by atoms with Crippen LogP contribution in [-0.4, -0.2) is 11.0 Å². The summed E-state index contributed by atoms with van der Waals surface area (Å²) in [6, 6.07) is 14.0. The Morgan fingerprint density at radius 3 is 2.40 bits per heavy atom. The molecule has 0 unspecified atom stereocenters. The molecule has 2 aromatic carbocycles. The van der Waals surface area contributed by atoms with Gasteiger partial charge in [-0.05, 0) is 31.5 Å². The number of nitrogen functional groups attached to an aromatic ring is 1. The minimum absolute atomic E-state index is 0.0721. The number of nitrogens with two attached hydrogens (primary N) is 1. The number of phenolic OH excluding ortho intramolecular Hbond substituents is 1. The van der Waals surface area contributed by atoms with E-state index in [1.807, 2.05) is 44.2 Å². The lowest BCUT2D eigenvalue weighted by molar-refractivity contribution is -0.120. The number of hydrogen-bond donors (Lipinski definition) is 3. The van der Waals surface area contributed by atoms with Gasteiger partial charge in [0.25, 0.3) is 0 Å². The molecule has 104 valence electrons. The SMILES string of the molecule is CC(C)(C(=O)Nc1ccc(O)cc1N)c1ccccc1. The molecule has 4 nitrogen and oxygen atoms in total. The number of amides is 1. The third-order valence-electron chi connectivity index (χ3n) is 3.35. The summed E-state index contributed by atoms with van der Waals surface area (Å²) >= 11 is 0. The molecule has 0 fully saturated rings. The van der Waals surface area contributed by atoms with Crippen LogP contribution in [0.25, 0.3) is 0 Å². The summed E-state index contributed by atoms with van der Waals surface area (Å²) in [6.45, 7) is 3.71. The monoisotopic (exact) mass is 270 g/mol. The second kappa shape index (κ2) is 5.25. The van der Waals surface area contributed by atoms with Crippen LogP contribution in [0.4, 0.5) is 11.4 Å². The van der Waals surface area contributed by atoms with Crippen LogP contribution in [0.5, 0.6) is 5.75 Å². The summed E-state index contributed by atoms with van der Waals surface area (Å²) in [7, 11) is 0. The van der Waals surface area contributed by atoms with E-state index in [1.54, 1.807) is 6.07 Å². The highest BCUT2D eigenvalue weighted by atomic mass is 16.3. The Kier molecular flexibility index (Phi) is 3.66. The third kappa shape index (κ3) is 2.74. The van der Waals surface area contributed by atoms with Gasteiger partial charge in [-0.2, -0.15) is 0 Å². The van der Waals surface area contributed by atoms with E-state index in [-0.39, 0.29) is 11.7 Å². The molecule has 2 rings (SSSR count). The maximum Gasteiger partial charge on any atom is 0.234 e. The van der Waals surface area contributed by atoms with Crippen molar-refractivity contribution in [1.82, 2.24) is 0 Å². The Labute approximate surface area is 118 Å². The maximum atomic E-state index is 12.4. The van der Waals surface area contributed by atoms with E-state index in [9.17, 15) is 9.90 Å². The molecule has 0 radical (unpaired) electrons. The standard InChI is InChI=1S/C16H18N2O2/c1-16(2,11-6-4-3-5-7-11)15(20)18-14-9-8-12(19)10-13(14)17/h3-10,19H,17H2,1-2H3,(H,18,20). The minimum Gasteiger partial charge on any atom is -0.508 e. The third-order valence-corrected chi connectivity index (χ3v) is 3.35. The van der Waals surface area contributed by atoms with Crippen LogP contribution in [0.15, 0.2) is 48.5 Å². The quantitative estimate of drug-likeness (QED) is 0.593. The molecule has 0 spiro atoms. The molecule has 4 N–H and O–H groups in total. The molecule has 2 aromatic rings. The lowest BCUT2D eigenvalue weighted by Gasteiger charge is -2.24. The van der Waals surface area contributed by atoms with Crippen LogP contribution in [0, 0.1) is 0 Å². The summed E-state index contributed by atoms with van der Waals surface area (Å²) in [6.07, 6.45) is 0. The van der Waals surface area contributed by atoms with Crippen molar-refractivity contribution >= 4 is 17.3 Å². The fraction of sp³-hybridized carbons (Fsp3) is 0.188. The number of rotatable bonds is 3. The van der Waals surface area contributed by atoms with Crippen LogP contribution in [0.2, 0.25) is 0 Å². The molecule has 0 saturated heterocycles. The number of carbonyl (C=O) groups excluding carboxylic acids is 1. The number of phenols is 1. The average molecular weight is 270 g/mol. The van der Waals surface area contributed by atoms with E-state index < -0.39 is 5.41 Å². The van der Waals surface area contributed by atoms with Gasteiger partial charge in [-0.15, -0.1) is 0 Å². The van der Waals surface area contributed by atoms with E-state index in [1.165, 1.54) is 12.1 Å². The molecule has 4 heteroatoms. The topological polar surface area (TPSA) is 75.3 Å². The molecule has 0 aliphatic carbocycles. The summed E-state index contributed by atoms with van der Waals surface area (Å²) in [4.78, 5) is 12.4. The van der Waals surface area contributed by atoms with E-state index in [4.69, 9.17) is 5.73 Å².